The molecule has 0 saturated heterocycles. The third-order valence-corrected chi connectivity index (χ3v) is 2.90. The van der Waals surface area contributed by atoms with Crippen LogP contribution in [0.15, 0.2) is 18.2 Å². The lowest BCUT2D eigenvalue weighted by Crippen LogP contribution is -2.34. The molecule has 0 heterocycles. The van der Waals surface area contributed by atoms with Crippen LogP contribution in [0.1, 0.15) is 44.4 Å². The highest BCUT2D eigenvalue weighted by atomic mass is 16.6. The molecule has 1 atom stereocenters. The molecular weight excluding hydrogens is 294 g/mol. The first-order valence-electron chi connectivity index (χ1n) is 7.55. The average Bonchev–Trinajstić information content (AvgIpc) is 2.43. The molecule has 1 rings (SSSR count). The topological polar surface area (TPSA) is 97.4 Å². The third kappa shape index (κ3) is 7.02. The Bertz CT molecular complexity index is 573. The molecule has 0 saturated carbocycles. The maximum Gasteiger partial charge on any atom is 0.407 e. The molecule has 0 unspecified atom stereocenters. The van der Waals surface area contributed by atoms with Crippen molar-refractivity contribution in [3.05, 3.63) is 29.3 Å². The summed E-state index contributed by atoms with van der Waals surface area (Å²) in [6.45, 7) is 7.97. The average molecular weight is 319 g/mol. The largest absolute Gasteiger partial charge is 0.491 e. The molecule has 0 spiro atoms. The molecule has 1 aromatic carbocycles. The van der Waals surface area contributed by atoms with E-state index < -0.39 is 17.7 Å². The highest BCUT2D eigenvalue weighted by Crippen LogP contribution is 2.26. The van der Waals surface area contributed by atoms with Gasteiger partial charge in [-0.3, -0.25) is 0 Å². The van der Waals surface area contributed by atoms with Crippen LogP contribution in [0.3, 0.4) is 0 Å². The molecule has 3 N–H and O–H groups in total. The molecule has 1 amide bonds. The fourth-order valence-electron chi connectivity index (χ4n) is 1.93. The van der Waals surface area contributed by atoms with Crippen LogP contribution in [0.25, 0.3) is 0 Å². The smallest absolute Gasteiger partial charge is 0.407 e. The molecule has 6 heteroatoms. The number of carbonyl (C=O) groups is 1. The van der Waals surface area contributed by atoms with Crippen LogP contribution < -0.4 is 15.8 Å². The van der Waals surface area contributed by atoms with Gasteiger partial charge in [0, 0.05) is 11.6 Å². The van der Waals surface area contributed by atoms with E-state index in [0.717, 1.165) is 11.1 Å². The maximum atomic E-state index is 11.5. The number of nitriles is 1. The van der Waals surface area contributed by atoms with E-state index in [-0.39, 0.29) is 13.0 Å². The van der Waals surface area contributed by atoms with Crippen LogP contribution in [-0.2, 0) is 4.74 Å². The molecule has 6 nitrogen and oxygen atoms in total. The van der Waals surface area contributed by atoms with Gasteiger partial charge in [0.25, 0.3) is 0 Å². The minimum atomic E-state index is -0.529. The van der Waals surface area contributed by atoms with Crippen LogP contribution in [0.2, 0.25) is 0 Å². The summed E-state index contributed by atoms with van der Waals surface area (Å²) in [6, 6.07) is 7.33. The normalized spacial score (nSPS) is 12.2. The van der Waals surface area contributed by atoms with Gasteiger partial charge >= 0.3 is 6.09 Å². The number of ether oxygens (including phenoxy) is 2. The maximum absolute atomic E-state index is 11.5. The van der Waals surface area contributed by atoms with Gasteiger partial charge in [-0.25, -0.2) is 4.79 Å². The van der Waals surface area contributed by atoms with E-state index in [1.165, 1.54) is 0 Å². The zero-order valence-corrected chi connectivity index (χ0v) is 14.2. The summed E-state index contributed by atoms with van der Waals surface area (Å²) in [6.07, 6.45) is -0.262. The van der Waals surface area contributed by atoms with E-state index in [2.05, 4.69) is 11.4 Å². The molecule has 126 valence electrons. The van der Waals surface area contributed by atoms with Crippen LogP contribution >= 0.6 is 0 Å². The highest BCUT2D eigenvalue weighted by molar-refractivity contribution is 5.67. The number of amides is 1. The molecule has 1 aromatic rings. The summed E-state index contributed by atoms with van der Waals surface area (Å²) in [5.41, 5.74) is 7.32. The molecule has 0 radical (unpaired) electrons. The second-order valence-electron chi connectivity index (χ2n) is 6.29. The minimum absolute atomic E-state index is 0.218. The zero-order valence-electron chi connectivity index (χ0n) is 14.2. The van der Waals surface area contributed by atoms with Crippen molar-refractivity contribution in [2.24, 2.45) is 5.73 Å². The summed E-state index contributed by atoms with van der Waals surface area (Å²) in [4.78, 5) is 11.5. The first-order valence-corrected chi connectivity index (χ1v) is 7.55. The van der Waals surface area contributed by atoms with Crippen molar-refractivity contribution in [2.45, 2.75) is 45.8 Å². The van der Waals surface area contributed by atoms with E-state index >= 15 is 0 Å². The summed E-state index contributed by atoms with van der Waals surface area (Å²) >= 11 is 0. The Morgan fingerprint density at radius 1 is 1.43 bits per heavy atom. The van der Waals surface area contributed by atoms with E-state index in [0.29, 0.717) is 12.3 Å². The Hall–Kier alpha value is -2.26. The van der Waals surface area contributed by atoms with Gasteiger partial charge < -0.3 is 20.5 Å². The van der Waals surface area contributed by atoms with Crippen LogP contribution in [0, 0.1) is 18.3 Å². The molecule has 0 fully saturated rings. The number of benzene rings is 1. The number of carbonyl (C=O) groups excluding carboxylic acids is 1. The summed E-state index contributed by atoms with van der Waals surface area (Å²) < 4.78 is 10.8. The fourth-order valence-corrected chi connectivity index (χ4v) is 1.93. The van der Waals surface area contributed by atoms with E-state index in [1.54, 1.807) is 20.8 Å². The Morgan fingerprint density at radius 3 is 2.74 bits per heavy atom. The Kier molecular flexibility index (Phi) is 6.86. The zero-order chi connectivity index (χ0) is 17.5. The van der Waals surface area contributed by atoms with Gasteiger partial charge in [0.1, 0.15) is 18.0 Å². The predicted molar refractivity (Wildman–Crippen MR) is 88.1 cm³/mol. The van der Waals surface area contributed by atoms with Gasteiger partial charge in [-0.15, -0.1) is 0 Å². The molecule has 0 aliphatic rings. The molecule has 0 aliphatic carbocycles. The van der Waals surface area contributed by atoms with Crippen molar-refractivity contribution in [3.63, 3.8) is 0 Å². The number of alkyl carbamates (subject to hydrolysis) is 1. The van der Waals surface area contributed by atoms with Gasteiger partial charge in [-0.2, -0.15) is 5.26 Å². The second-order valence-corrected chi connectivity index (χ2v) is 6.29. The number of hydrogen-bond acceptors (Lipinski definition) is 5. The fraction of sp³-hybridized carbons (Fsp3) is 0.529. The van der Waals surface area contributed by atoms with E-state index in [4.69, 9.17) is 20.5 Å². The second kappa shape index (κ2) is 8.39. The number of nitrogens with zero attached hydrogens (tertiary/aromatic N) is 1. The lowest BCUT2D eigenvalue weighted by molar-refractivity contribution is 0.0520. The van der Waals surface area contributed by atoms with Gasteiger partial charge in [-0.05, 0) is 33.8 Å². The quantitative estimate of drug-likeness (QED) is 0.786. The van der Waals surface area contributed by atoms with Crippen LogP contribution in [0.5, 0.6) is 5.75 Å². The number of nitrogens with two attached hydrogens (primary N) is 1. The van der Waals surface area contributed by atoms with Gasteiger partial charge in [0.2, 0.25) is 0 Å². The van der Waals surface area contributed by atoms with Gasteiger partial charge in [-0.1, -0.05) is 17.7 Å². The van der Waals surface area contributed by atoms with E-state index in [9.17, 15) is 4.79 Å². The molecule has 23 heavy (non-hydrogen) atoms. The number of nitrogens with one attached hydrogen (secondary N) is 1. The summed E-state index contributed by atoms with van der Waals surface area (Å²) in [5, 5.41) is 11.4. The molecule has 0 aliphatic heterocycles. The van der Waals surface area contributed by atoms with Crippen molar-refractivity contribution in [1.82, 2.24) is 5.32 Å². The third-order valence-electron chi connectivity index (χ3n) is 2.90. The van der Waals surface area contributed by atoms with Crippen molar-refractivity contribution in [3.8, 4) is 11.8 Å². The standard InChI is InChI=1S/C17H25N3O3/c1-12-5-6-15(13(11-12)14(19)7-8-18)22-10-9-20-16(21)23-17(2,3)4/h5-6,11,14H,7,9-10,19H2,1-4H3,(H,20,21)/t14-/m1/s1. The first kappa shape index (κ1) is 18.8. The van der Waals surface area contributed by atoms with Crippen molar-refractivity contribution in [2.75, 3.05) is 13.2 Å². The monoisotopic (exact) mass is 319 g/mol. The molecule has 0 aromatic heterocycles. The first-order chi connectivity index (χ1) is 10.7. The number of hydrogen-bond donors (Lipinski definition) is 2. The summed E-state index contributed by atoms with van der Waals surface area (Å²) in [7, 11) is 0. The van der Waals surface area contributed by atoms with Crippen molar-refractivity contribution >= 4 is 6.09 Å². The highest BCUT2D eigenvalue weighted by Gasteiger charge is 2.16. The Morgan fingerprint density at radius 2 is 2.13 bits per heavy atom. The lowest BCUT2D eigenvalue weighted by Gasteiger charge is -2.20. The SMILES string of the molecule is Cc1ccc(OCCNC(=O)OC(C)(C)C)c([C@H](N)CC#N)c1. The molecule has 0 bridgehead atoms. The number of rotatable bonds is 6. The lowest BCUT2D eigenvalue weighted by atomic mass is 10.0. The molecular formula is C17H25N3O3. The Balaban J connectivity index is 2.55. The van der Waals surface area contributed by atoms with Gasteiger partial charge in [0.05, 0.1) is 19.0 Å². The minimum Gasteiger partial charge on any atom is -0.491 e. The van der Waals surface area contributed by atoms with Crippen LogP contribution in [0.4, 0.5) is 4.79 Å². The Labute approximate surface area is 137 Å². The summed E-state index contributed by atoms with van der Waals surface area (Å²) in [5.74, 6) is 0.629. The van der Waals surface area contributed by atoms with Crippen molar-refractivity contribution in [1.29, 1.82) is 5.26 Å². The van der Waals surface area contributed by atoms with Crippen molar-refractivity contribution < 1.29 is 14.3 Å². The van der Waals surface area contributed by atoms with Gasteiger partial charge in [0.15, 0.2) is 0 Å². The number of aryl methyl sites for hydroxylation is 1. The van der Waals surface area contributed by atoms with E-state index in [1.807, 2.05) is 25.1 Å². The predicted octanol–water partition coefficient (Wildman–Crippen LogP) is 2.81. The van der Waals surface area contributed by atoms with Crippen LogP contribution in [-0.4, -0.2) is 24.8 Å².